The van der Waals surface area contributed by atoms with Crippen molar-refractivity contribution in [2.24, 2.45) is 0 Å². The number of carbonyl (C=O) groups is 1. The maximum atomic E-state index is 11.9. The van der Waals surface area contributed by atoms with Gasteiger partial charge in [-0.2, -0.15) is 0 Å². The van der Waals surface area contributed by atoms with Crippen LogP contribution in [0.1, 0.15) is 18.5 Å². The van der Waals surface area contributed by atoms with Gasteiger partial charge in [-0.05, 0) is 31.9 Å². The highest BCUT2D eigenvalue weighted by molar-refractivity contribution is 5.80. The fraction of sp³-hybridized carbons (Fsp3) is 0.375. The Morgan fingerprint density at radius 1 is 1.32 bits per heavy atom. The van der Waals surface area contributed by atoms with Crippen molar-refractivity contribution in [3.63, 3.8) is 0 Å². The number of aryl methyl sites for hydroxylation is 1. The van der Waals surface area contributed by atoms with E-state index in [0.717, 1.165) is 36.5 Å². The summed E-state index contributed by atoms with van der Waals surface area (Å²) in [6.45, 7) is 2.73. The van der Waals surface area contributed by atoms with Crippen molar-refractivity contribution in [1.82, 2.24) is 15.0 Å². The molecule has 114 valence electrons. The molecule has 0 bridgehead atoms. The molecule has 0 aromatic carbocycles. The van der Waals surface area contributed by atoms with Gasteiger partial charge in [-0.15, -0.1) is 0 Å². The highest BCUT2D eigenvalue weighted by Gasteiger charge is 2.32. The number of methoxy groups -OCH3 is 1. The van der Waals surface area contributed by atoms with E-state index in [-0.39, 0.29) is 12.0 Å². The molecule has 1 aliphatic heterocycles. The Bertz CT molecular complexity index is 675. The van der Waals surface area contributed by atoms with Crippen molar-refractivity contribution in [2.75, 3.05) is 18.6 Å². The summed E-state index contributed by atoms with van der Waals surface area (Å²) in [4.78, 5) is 27.1. The number of aromatic nitrogens is 3. The number of nitrogens with zero attached hydrogens (tertiary/aromatic N) is 4. The molecule has 1 fully saturated rings. The van der Waals surface area contributed by atoms with E-state index in [9.17, 15) is 4.79 Å². The quantitative estimate of drug-likeness (QED) is 0.807. The molecule has 1 atom stereocenters. The van der Waals surface area contributed by atoms with Crippen molar-refractivity contribution in [3.8, 4) is 11.4 Å². The molecule has 1 aliphatic rings. The molecular formula is C16H18N4O2. The normalized spacial score (nSPS) is 17.5. The summed E-state index contributed by atoms with van der Waals surface area (Å²) >= 11 is 0. The lowest BCUT2D eigenvalue weighted by Crippen LogP contribution is -2.37. The fourth-order valence-electron chi connectivity index (χ4n) is 2.75. The van der Waals surface area contributed by atoms with Crippen molar-refractivity contribution in [3.05, 3.63) is 36.3 Å². The molecule has 0 radical (unpaired) electrons. The lowest BCUT2D eigenvalue weighted by molar-refractivity contribution is -0.141. The Kier molecular flexibility index (Phi) is 4.00. The Morgan fingerprint density at radius 2 is 2.09 bits per heavy atom. The third-order valence-electron chi connectivity index (χ3n) is 3.80. The van der Waals surface area contributed by atoms with Gasteiger partial charge in [0, 0.05) is 36.3 Å². The van der Waals surface area contributed by atoms with Gasteiger partial charge in [-0.3, -0.25) is 4.98 Å². The third-order valence-corrected chi connectivity index (χ3v) is 3.80. The number of esters is 1. The molecule has 0 spiro atoms. The summed E-state index contributed by atoms with van der Waals surface area (Å²) in [5.74, 6) is 1.21. The summed E-state index contributed by atoms with van der Waals surface area (Å²) in [6, 6.07) is 5.40. The lowest BCUT2D eigenvalue weighted by atomic mass is 10.2. The zero-order chi connectivity index (χ0) is 15.5. The highest BCUT2D eigenvalue weighted by Crippen LogP contribution is 2.27. The van der Waals surface area contributed by atoms with Gasteiger partial charge in [-0.25, -0.2) is 14.8 Å². The van der Waals surface area contributed by atoms with Gasteiger partial charge in [0.15, 0.2) is 5.82 Å². The maximum absolute atomic E-state index is 11.9. The minimum atomic E-state index is -0.260. The zero-order valence-corrected chi connectivity index (χ0v) is 12.7. The minimum Gasteiger partial charge on any atom is -0.467 e. The third kappa shape index (κ3) is 2.77. The lowest BCUT2D eigenvalue weighted by Gasteiger charge is -2.24. The molecule has 3 rings (SSSR count). The molecule has 0 saturated carbocycles. The highest BCUT2D eigenvalue weighted by atomic mass is 16.5. The number of anilines is 1. The maximum Gasteiger partial charge on any atom is 0.328 e. The first kappa shape index (κ1) is 14.4. The molecule has 6 nitrogen and oxygen atoms in total. The Labute approximate surface area is 129 Å². The second kappa shape index (κ2) is 6.09. The van der Waals surface area contributed by atoms with Gasteiger partial charge < -0.3 is 9.64 Å². The predicted molar refractivity (Wildman–Crippen MR) is 82.4 cm³/mol. The van der Waals surface area contributed by atoms with Crippen LogP contribution in [0, 0.1) is 6.92 Å². The summed E-state index contributed by atoms with van der Waals surface area (Å²) < 4.78 is 4.90. The summed E-state index contributed by atoms with van der Waals surface area (Å²) in [5, 5.41) is 0. The Hall–Kier alpha value is -2.50. The summed E-state index contributed by atoms with van der Waals surface area (Å²) in [7, 11) is 1.42. The van der Waals surface area contributed by atoms with E-state index in [1.807, 2.05) is 30.0 Å². The van der Waals surface area contributed by atoms with Gasteiger partial charge >= 0.3 is 5.97 Å². The monoisotopic (exact) mass is 298 g/mol. The van der Waals surface area contributed by atoms with Crippen LogP contribution < -0.4 is 4.90 Å². The van der Waals surface area contributed by atoms with E-state index in [2.05, 4.69) is 15.0 Å². The average molecular weight is 298 g/mol. The molecule has 0 unspecified atom stereocenters. The van der Waals surface area contributed by atoms with E-state index < -0.39 is 0 Å². The van der Waals surface area contributed by atoms with E-state index in [0.29, 0.717) is 5.82 Å². The van der Waals surface area contributed by atoms with Crippen molar-refractivity contribution >= 4 is 11.8 Å². The number of hydrogen-bond donors (Lipinski definition) is 0. The van der Waals surface area contributed by atoms with Gasteiger partial charge in [0.2, 0.25) is 0 Å². The SMILES string of the molecule is COC(=O)[C@H]1CCCN1c1cc(C)nc(-c2ccncc2)n1. The van der Waals surface area contributed by atoms with Crippen LogP contribution in [-0.2, 0) is 9.53 Å². The second-order valence-electron chi connectivity index (χ2n) is 5.30. The van der Waals surface area contributed by atoms with Crippen LogP contribution in [0.3, 0.4) is 0 Å². The largest absolute Gasteiger partial charge is 0.467 e. The molecule has 6 heteroatoms. The first-order chi connectivity index (χ1) is 10.7. The first-order valence-electron chi connectivity index (χ1n) is 7.29. The van der Waals surface area contributed by atoms with Crippen LogP contribution >= 0.6 is 0 Å². The van der Waals surface area contributed by atoms with Gasteiger partial charge in [-0.1, -0.05) is 0 Å². The molecule has 0 amide bonds. The zero-order valence-electron chi connectivity index (χ0n) is 12.7. The molecular weight excluding hydrogens is 280 g/mol. The first-order valence-corrected chi connectivity index (χ1v) is 7.29. The van der Waals surface area contributed by atoms with Crippen molar-refractivity contribution < 1.29 is 9.53 Å². The molecule has 1 saturated heterocycles. The number of hydrogen-bond acceptors (Lipinski definition) is 6. The standard InChI is InChI=1S/C16H18N4O2/c1-11-10-14(20-9-3-4-13(20)16(21)22-2)19-15(18-11)12-5-7-17-8-6-12/h5-8,10,13H,3-4,9H2,1-2H3/t13-/m1/s1. The predicted octanol–water partition coefficient (Wildman–Crippen LogP) is 1.99. The van der Waals surface area contributed by atoms with Gasteiger partial charge in [0.25, 0.3) is 0 Å². The van der Waals surface area contributed by atoms with E-state index >= 15 is 0 Å². The van der Waals surface area contributed by atoms with Crippen LogP contribution in [-0.4, -0.2) is 40.6 Å². The minimum absolute atomic E-state index is 0.209. The van der Waals surface area contributed by atoms with E-state index in [1.165, 1.54) is 7.11 Å². The molecule has 2 aromatic heterocycles. The van der Waals surface area contributed by atoms with Crippen molar-refractivity contribution in [1.29, 1.82) is 0 Å². The van der Waals surface area contributed by atoms with Crippen molar-refractivity contribution in [2.45, 2.75) is 25.8 Å². The average Bonchev–Trinajstić information content (AvgIpc) is 3.04. The second-order valence-corrected chi connectivity index (χ2v) is 5.30. The van der Waals surface area contributed by atoms with E-state index in [4.69, 9.17) is 4.74 Å². The molecule has 0 N–H and O–H groups in total. The molecule has 2 aromatic rings. The van der Waals surface area contributed by atoms with Crippen LogP contribution in [0.4, 0.5) is 5.82 Å². The summed E-state index contributed by atoms with van der Waals surface area (Å²) in [5.41, 5.74) is 1.78. The Balaban J connectivity index is 1.98. The molecule has 3 heterocycles. The number of ether oxygens (including phenoxy) is 1. The van der Waals surface area contributed by atoms with Crippen LogP contribution in [0.2, 0.25) is 0 Å². The van der Waals surface area contributed by atoms with E-state index in [1.54, 1.807) is 12.4 Å². The van der Waals surface area contributed by atoms with Crippen LogP contribution in [0.5, 0.6) is 0 Å². The van der Waals surface area contributed by atoms with Gasteiger partial charge in [0.05, 0.1) is 7.11 Å². The summed E-state index contributed by atoms with van der Waals surface area (Å²) in [6.07, 6.45) is 5.18. The fourth-order valence-corrected chi connectivity index (χ4v) is 2.75. The molecule has 0 aliphatic carbocycles. The smallest absolute Gasteiger partial charge is 0.328 e. The van der Waals surface area contributed by atoms with Crippen LogP contribution in [0.15, 0.2) is 30.6 Å². The topological polar surface area (TPSA) is 68.2 Å². The van der Waals surface area contributed by atoms with Gasteiger partial charge in [0.1, 0.15) is 11.9 Å². The number of rotatable bonds is 3. The Morgan fingerprint density at radius 3 is 2.82 bits per heavy atom. The van der Waals surface area contributed by atoms with Crippen LogP contribution in [0.25, 0.3) is 11.4 Å². The molecule has 22 heavy (non-hydrogen) atoms. The number of carbonyl (C=O) groups excluding carboxylic acids is 1. The number of pyridine rings is 1.